The van der Waals surface area contributed by atoms with Crippen LogP contribution in [0.2, 0.25) is 0 Å². The lowest BCUT2D eigenvalue weighted by Crippen LogP contribution is -2.48. The van der Waals surface area contributed by atoms with Gasteiger partial charge in [-0.2, -0.15) is 0 Å². The maximum absolute atomic E-state index is 12.8. The molecule has 2 heterocycles. The monoisotopic (exact) mass is 446 g/mol. The van der Waals surface area contributed by atoms with Crippen molar-refractivity contribution in [3.63, 3.8) is 0 Å². The summed E-state index contributed by atoms with van der Waals surface area (Å²) >= 11 is 0. The van der Waals surface area contributed by atoms with E-state index in [0.717, 1.165) is 70.0 Å². The minimum absolute atomic E-state index is 0.0112. The number of ether oxygens (including phenoxy) is 2. The number of piperidine rings is 1. The maximum Gasteiger partial charge on any atom is 0.241 e. The fourth-order valence-corrected chi connectivity index (χ4v) is 4.21. The predicted molar refractivity (Wildman–Crippen MR) is 126 cm³/mol. The second-order valence-corrected chi connectivity index (χ2v) is 8.46. The molecule has 2 aliphatic heterocycles. The highest BCUT2D eigenvalue weighted by Crippen LogP contribution is 2.22. The van der Waals surface area contributed by atoms with Gasteiger partial charge in [-0.15, -0.1) is 0 Å². The lowest BCUT2D eigenvalue weighted by Gasteiger charge is -2.34. The van der Waals surface area contributed by atoms with Crippen LogP contribution in [0.4, 0.5) is 11.4 Å². The van der Waals surface area contributed by atoms with Crippen molar-refractivity contribution in [2.75, 3.05) is 69.4 Å². The van der Waals surface area contributed by atoms with E-state index >= 15 is 0 Å². The van der Waals surface area contributed by atoms with Gasteiger partial charge in [0.2, 0.25) is 11.8 Å². The number of likely N-dealkylation sites (tertiary alicyclic amines) is 1. The van der Waals surface area contributed by atoms with E-state index in [0.29, 0.717) is 19.8 Å². The summed E-state index contributed by atoms with van der Waals surface area (Å²) in [5.41, 5.74) is 1.96. The van der Waals surface area contributed by atoms with Crippen molar-refractivity contribution in [2.45, 2.75) is 39.2 Å². The minimum atomic E-state index is -0.232. The molecule has 8 heteroatoms. The number of rotatable bonds is 10. The summed E-state index contributed by atoms with van der Waals surface area (Å²) in [6, 6.07) is 7.77. The summed E-state index contributed by atoms with van der Waals surface area (Å²) in [7, 11) is 0. The smallest absolute Gasteiger partial charge is 0.241 e. The highest BCUT2D eigenvalue weighted by molar-refractivity contribution is 5.94. The molecule has 2 N–H and O–H groups in total. The second kappa shape index (κ2) is 12.8. The zero-order chi connectivity index (χ0) is 22.8. The molecule has 1 aromatic carbocycles. The van der Waals surface area contributed by atoms with Crippen molar-refractivity contribution in [3.8, 4) is 0 Å². The molecular weight excluding hydrogens is 408 g/mol. The number of amides is 2. The van der Waals surface area contributed by atoms with Crippen LogP contribution in [-0.2, 0) is 19.1 Å². The summed E-state index contributed by atoms with van der Waals surface area (Å²) < 4.78 is 10.7. The molecule has 8 nitrogen and oxygen atoms in total. The molecule has 3 rings (SSSR count). The first-order chi connectivity index (χ1) is 15.6. The van der Waals surface area contributed by atoms with Gasteiger partial charge in [0.05, 0.1) is 19.3 Å². The van der Waals surface area contributed by atoms with Gasteiger partial charge in [-0.25, -0.2) is 0 Å². The Labute approximate surface area is 191 Å². The van der Waals surface area contributed by atoms with Gasteiger partial charge in [0.1, 0.15) is 0 Å². The first kappa shape index (κ1) is 24.5. The second-order valence-electron chi connectivity index (χ2n) is 8.46. The summed E-state index contributed by atoms with van der Waals surface area (Å²) in [5, 5.41) is 6.04. The van der Waals surface area contributed by atoms with Crippen LogP contribution >= 0.6 is 0 Å². The Bertz CT molecular complexity index is 713. The van der Waals surface area contributed by atoms with Crippen LogP contribution in [0.5, 0.6) is 0 Å². The quantitative estimate of drug-likeness (QED) is 0.536. The van der Waals surface area contributed by atoms with Crippen molar-refractivity contribution < 1.29 is 19.1 Å². The average Bonchev–Trinajstić information content (AvgIpc) is 2.84. The van der Waals surface area contributed by atoms with Crippen molar-refractivity contribution in [1.82, 2.24) is 10.2 Å². The zero-order valence-electron chi connectivity index (χ0n) is 19.5. The van der Waals surface area contributed by atoms with Crippen LogP contribution in [-0.4, -0.2) is 81.9 Å². The summed E-state index contributed by atoms with van der Waals surface area (Å²) in [4.78, 5) is 29.6. The molecule has 0 aliphatic carbocycles. The molecule has 1 unspecified atom stereocenters. The van der Waals surface area contributed by atoms with Crippen LogP contribution < -0.4 is 15.5 Å². The number of carbonyl (C=O) groups excluding carboxylic acids is 2. The van der Waals surface area contributed by atoms with Crippen molar-refractivity contribution in [3.05, 3.63) is 24.3 Å². The minimum Gasteiger partial charge on any atom is -0.382 e. The van der Waals surface area contributed by atoms with E-state index in [1.807, 2.05) is 38.1 Å². The molecule has 32 heavy (non-hydrogen) atoms. The van der Waals surface area contributed by atoms with Crippen LogP contribution in [0.1, 0.15) is 33.1 Å². The molecular formula is C24H38N4O4. The summed E-state index contributed by atoms with van der Waals surface area (Å²) in [6.45, 7) is 10.7. The number of benzene rings is 1. The number of hydrogen-bond donors (Lipinski definition) is 2. The fourth-order valence-electron chi connectivity index (χ4n) is 4.21. The Kier molecular flexibility index (Phi) is 9.77. The number of morpholine rings is 1. The molecule has 0 saturated carbocycles. The van der Waals surface area contributed by atoms with Crippen LogP contribution in [0.25, 0.3) is 0 Å². The highest BCUT2D eigenvalue weighted by atomic mass is 16.5. The standard InChI is InChI=1S/C24H38N4O4/c1-3-31-16-4-11-25-24(30)20-9-12-27(13-10-20)19(2)23(29)26-21-5-7-22(8-6-21)28-14-17-32-18-15-28/h5-8,19-20H,3-4,9-18H2,1-2H3,(H,25,30)(H,26,29). The maximum atomic E-state index is 12.8. The number of anilines is 2. The van der Waals surface area contributed by atoms with E-state index < -0.39 is 0 Å². The van der Waals surface area contributed by atoms with E-state index in [2.05, 4.69) is 20.4 Å². The van der Waals surface area contributed by atoms with Gasteiger partial charge >= 0.3 is 0 Å². The number of nitrogens with one attached hydrogen (secondary N) is 2. The molecule has 178 valence electrons. The number of hydrogen-bond acceptors (Lipinski definition) is 6. The van der Waals surface area contributed by atoms with Gasteiger partial charge in [-0.3, -0.25) is 14.5 Å². The van der Waals surface area contributed by atoms with Gasteiger partial charge in [0.15, 0.2) is 0 Å². The molecule has 2 aliphatic rings. The average molecular weight is 447 g/mol. The van der Waals surface area contributed by atoms with Crippen LogP contribution in [0, 0.1) is 5.92 Å². The predicted octanol–water partition coefficient (Wildman–Crippen LogP) is 2.11. The Morgan fingerprint density at radius 2 is 1.81 bits per heavy atom. The van der Waals surface area contributed by atoms with E-state index in [1.54, 1.807) is 0 Å². The van der Waals surface area contributed by atoms with Gasteiger partial charge < -0.3 is 25.0 Å². The topological polar surface area (TPSA) is 83.1 Å². The lowest BCUT2D eigenvalue weighted by molar-refractivity contribution is -0.127. The van der Waals surface area contributed by atoms with Gasteiger partial charge in [0, 0.05) is 50.1 Å². The van der Waals surface area contributed by atoms with Gasteiger partial charge in [-0.05, 0) is 70.5 Å². The third kappa shape index (κ3) is 7.18. The van der Waals surface area contributed by atoms with E-state index in [4.69, 9.17) is 9.47 Å². The lowest BCUT2D eigenvalue weighted by atomic mass is 9.95. The first-order valence-electron chi connectivity index (χ1n) is 11.9. The Balaban J connectivity index is 1.39. The summed E-state index contributed by atoms with van der Waals surface area (Å²) in [5.74, 6) is 0.142. The molecule has 0 spiro atoms. The third-order valence-electron chi connectivity index (χ3n) is 6.31. The Hall–Kier alpha value is -2.16. The molecule has 1 aromatic rings. The number of nitrogens with zero attached hydrogens (tertiary/aromatic N) is 2. The van der Waals surface area contributed by atoms with Crippen LogP contribution in [0.3, 0.4) is 0 Å². The molecule has 2 saturated heterocycles. The first-order valence-corrected chi connectivity index (χ1v) is 11.9. The molecule has 2 amide bonds. The van der Waals surface area contributed by atoms with E-state index in [1.165, 1.54) is 0 Å². The summed E-state index contributed by atoms with van der Waals surface area (Å²) in [6.07, 6.45) is 2.40. The molecule has 0 bridgehead atoms. The third-order valence-corrected chi connectivity index (χ3v) is 6.31. The van der Waals surface area contributed by atoms with Crippen LogP contribution in [0.15, 0.2) is 24.3 Å². The Morgan fingerprint density at radius 3 is 2.47 bits per heavy atom. The molecule has 1 atom stereocenters. The fraction of sp³-hybridized carbons (Fsp3) is 0.667. The van der Waals surface area contributed by atoms with E-state index in [-0.39, 0.29) is 23.8 Å². The van der Waals surface area contributed by atoms with Crippen molar-refractivity contribution >= 4 is 23.2 Å². The van der Waals surface area contributed by atoms with Crippen molar-refractivity contribution in [1.29, 1.82) is 0 Å². The normalized spacial score (nSPS) is 18.9. The zero-order valence-corrected chi connectivity index (χ0v) is 19.5. The SMILES string of the molecule is CCOCCCNC(=O)C1CCN(C(C)C(=O)Nc2ccc(N3CCOCC3)cc2)CC1. The van der Waals surface area contributed by atoms with Crippen molar-refractivity contribution in [2.24, 2.45) is 5.92 Å². The van der Waals surface area contributed by atoms with Gasteiger partial charge in [-0.1, -0.05) is 0 Å². The number of carbonyl (C=O) groups is 2. The molecule has 0 radical (unpaired) electrons. The molecule has 2 fully saturated rings. The highest BCUT2D eigenvalue weighted by Gasteiger charge is 2.29. The largest absolute Gasteiger partial charge is 0.382 e. The van der Waals surface area contributed by atoms with E-state index in [9.17, 15) is 9.59 Å². The molecule has 0 aromatic heterocycles. The van der Waals surface area contributed by atoms with Gasteiger partial charge in [0.25, 0.3) is 0 Å². The Morgan fingerprint density at radius 1 is 1.12 bits per heavy atom.